The number of phenols is 2. The van der Waals surface area contributed by atoms with Gasteiger partial charge in [0, 0.05) is 32.8 Å². The molecule has 168 valence electrons. The van der Waals surface area contributed by atoms with E-state index in [1.165, 1.54) is 0 Å². The van der Waals surface area contributed by atoms with Gasteiger partial charge in [0.05, 0.1) is 0 Å². The maximum atomic E-state index is 10.2. The molecule has 0 aliphatic rings. The molecule has 0 atom stereocenters. The molecule has 0 aliphatic carbocycles. The Labute approximate surface area is 212 Å². The fourth-order valence-electron chi connectivity index (χ4n) is 3.76. The first-order valence-corrected chi connectivity index (χ1v) is 11.1. The van der Waals surface area contributed by atoms with E-state index in [9.17, 15) is 10.2 Å². The topological polar surface area (TPSA) is 40.5 Å². The summed E-state index contributed by atoms with van der Waals surface area (Å²) in [6, 6.07) is 31.8. The van der Waals surface area contributed by atoms with Gasteiger partial charge in [-0.05, 0) is 34.1 Å². The third-order valence-corrected chi connectivity index (χ3v) is 5.55. The maximum absolute atomic E-state index is 10.2. The molecule has 4 aromatic carbocycles. The number of para-hydroxylation sites is 2. The summed E-state index contributed by atoms with van der Waals surface area (Å²) in [7, 11) is 0. The minimum absolute atomic E-state index is 0. The van der Waals surface area contributed by atoms with Crippen LogP contribution in [0, 0.1) is 0 Å². The monoisotopic (exact) mass is 472 g/mol. The fourth-order valence-corrected chi connectivity index (χ4v) is 3.76. The number of phenolic OH excluding ortho intramolecular Hbond substituents is 2. The molecule has 0 bridgehead atoms. The fraction of sp³-hybridized carbons (Fsp3) is 0.200. The van der Waals surface area contributed by atoms with Crippen LogP contribution in [0.2, 0.25) is 0 Å². The van der Waals surface area contributed by atoms with Crippen molar-refractivity contribution in [1.82, 2.24) is 0 Å². The van der Waals surface area contributed by atoms with E-state index in [1.807, 2.05) is 97.1 Å². The Kier molecular flexibility index (Phi) is 9.97. The van der Waals surface area contributed by atoms with E-state index in [1.54, 1.807) is 0 Å². The van der Waals surface area contributed by atoms with E-state index < -0.39 is 0 Å². The Morgan fingerprint density at radius 1 is 0.455 bits per heavy atom. The number of hydrogen-bond acceptors (Lipinski definition) is 2. The Morgan fingerprint density at radius 3 is 1.09 bits per heavy atom. The summed E-state index contributed by atoms with van der Waals surface area (Å²) < 4.78 is 0. The molecule has 4 aromatic rings. The molecule has 0 heterocycles. The molecule has 33 heavy (non-hydrogen) atoms. The zero-order valence-corrected chi connectivity index (χ0v) is 21.3. The summed E-state index contributed by atoms with van der Waals surface area (Å²) in [6.07, 6.45) is 0. The Balaban J connectivity index is 0.000000227. The van der Waals surface area contributed by atoms with Gasteiger partial charge in [0.15, 0.2) is 0 Å². The van der Waals surface area contributed by atoms with E-state index >= 15 is 0 Å². The zero-order valence-electron chi connectivity index (χ0n) is 19.8. The molecule has 3 heteroatoms. The van der Waals surface area contributed by atoms with E-state index in [2.05, 4.69) is 27.7 Å². The Morgan fingerprint density at radius 2 is 0.788 bits per heavy atom. The third-order valence-electron chi connectivity index (χ3n) is 5.55. The first-order chi connectivity index (χ1) is 15.4. The molecule has 0 aromatic heterocycles. The molecule has 0 radical (unpaired) electrons. The Hall–Kier alpha value is -2.81. The van der Waals surface area contributed by atoms with Gasteiger partial charge in [0.1, 0.15) is 11.5 Å². The SMILES string of the molecule is CC(C)c1cccc(-c2ccccc2)c1O.CC(C)c1cccc(-c2ccccc2)c1O.[Ti]. The van der Waals surface area contributed by atoms with Crippen LogP contribution >= 0.6 is 0 Å². The van der Waals surface area contributed by atoms with E-state index in [0.717, 1.165) is 33.4 Å². The summed E-state index contributed by atoms with van der Waals surface area (Å²) in [5, 5.41) is 20.4. The maximum Gasteiger partial charge on any atom is 0.126 e. The van der Waals surface area contributed by atoms with Crippen molar-refractivity contribution >= 4 is 0 Å². The molecule has 0 amide bonds. The van der Waals surface area contributed by atoms with Crippen LogP contribution in [-0.4, -0.2) is 10.2 Å². The van der Waals surface area contributed by atoms with Gasteiger partial charge in [-0.3, -0.25) is 0 Å². The van der Waals surface area contributed by atoms with Crippen molar-refractivity contribution in [2.45, 2.75) is 39.5 Å². The molecule has 2 nitrogen and oxygen atoms in total. The summed E-state index contributed by atoms with van der Waals surface area (Å²) >= 11 is 0. The van der Waals surface area contributed by atoms with Crippen LogP contribution < -0.4 is 0 Å². The second-order valence-corrected chi connectivity index (χ2v) is 8.53. The van der Waals surface area contributed by atoms with E-state index in [-0.39, 0.29) is 21.7 Å². The molecular formula is C30H32O2Ti. The first kappa shape index (κ1) is 26.4. The normalized spacial score (nSPS) is 10.4. The molecule has 0 spiro atoms. The van der Waals surface area contributed by atoms with E-state index in [0.29, 0.717) is 23.3 Å². The van der Waals surface area contributed by atoms with Crippen molar-refractivity contribution < 1.29 is 31.9 Å². The second-order valence-electron chi connectivity index (χ2n) is 8.53. The molecule has 4 rings (SSSR count). The predicted octanol–water partition coefficient (Wildman–Crippen LogP) is 8.36. The van der Waals surface area contributed by atoms with Gasteiger partial charge in [-0.2, -0.15) is 0 Å². The summed E-state index contributed by atoms with van der Waals surface area (Å²) in [6.45, 7) is 8.35. The van der Waals surface area contributed by atoms with Gasteiger partial charge >= 0.3 is 0 Å². The molecule has 0 saturated carbocycles. The molecular weight excluding hydrogens is 440 g/mol. The number of hydrogen-bond donors (Lipinski definition) is 2. The van der Waals surface area contributed by atoms with Crippen LogP contribution in [0.1, 0.15) is 50.7 Å². The molecule has 0 saturated heterocycles. The largest absolute Gasteiger partial charge is 0.507 e. The van der Waals surface area contributed by atoms with E-state index in [4.69, 9.17) is 0 Å². The standard InChI is InChI=1S/2C15H16O.Ti/c2*1-11(2)13-9-6-10-14(15(13)16)12-7-4-3-5-8-12;/h2*3-11,16H,1-2H3;. The number of rotatable bonds is 4. The Bertz CT molecular complexity index is 1040. The van der Waals surface area contributed by atoms with Crippen LogP contribution in [0.15, 0.2) is 97.1 Å². The van der Waals surface area contributed by atoms with Crippen molar-refractivity contribution in [2.24, 2.45) is 0 Å². The summed E-state index contributed by atoms with van der Waals surface area (Å²) in [4.78, 5) is 0. The summed E-state index contributed by atoms with van der Waals surface area (Å²) in [5.41, 5.74) is 5.94. The zero-order chi connectivity index (χ0) is 23.1. The van der Waals surface area contributed by atoms with Crippen molar-refractivity contribution in [3.63, 3.8) is 0 Å². The van der Waals surface area contributed by atoms with Crippen LogP contribution in [0.4, 0.5) is 0 Å². The van der Waals surface area contributed by atoms with Gasteiger partial charge in [0.2, 0.25) is 0 Å². The predicted molar refractivity (Wildman–Crippen MR) is 135 cm³/mol. The second kappa shape index (κ2) is 12.4. The molecule has 0 aliphatic heterocycles. The third kappa shape index (κ3) is 6.60. The minimum atomic E-state index is 0. The summed E-state index contributed by atoms with van der Waals surface area (Å²) in [5.74, 6) is 1.49. The molecule has 0 unspecified atom stereocenters. The van der Waals surface area contributed by atoms with Gasteiger partial charge in [-0.1, -0.05) is 125 Å². The van der Waals surface area contributed by atoms with Crippen molar-refractivity contribution in [2.75, 3.05) is 0 Å². The van der Waals surface area contributed by atoms with Crippen LogP contribution in [0.5, 0.6) is 11.5 Å². The van der Waals surface area contributed by atoms with Crippen LogP contribution in [0.3, 0.4) is 0 Å². The smallest absolute Gasteiger partial charge is 0.126 e. The van der Waals surface area contributed by atoms with Gasteiger partial charge < -0.3 is 10.2 Å². The van der Waals surface area contributed by atoms with Crippen LogP contribution in [0.25, 0.3) is 22.3 Å². The minimum Gasteiger partial charge on any atom is -0.507 e. The molecule has 2 N–H and O–H groups in total. The van der Waals surface area contributed by atoms with Crippen molar-refractivity contribution in [3.8, 4) is 33.8 Å². The van der Waals surface area contributed by atoms with Crippen molar-refractivity contribution in [3.05, 3.63) is 108 Å². The number of benzene rings is 4. The quantitative estimate of drug-likeness (QED) is 0.293. The van der Waals surface area contributed by atoms with Crippen LogP contribution in [-0.2, 0) is 21.7 Å². The van der Waals surface area contributed by atoms with Gasteiger partial charge in [0.25, 0.3) is 0 Å². The number of aromatic hydroxyl groups is 2. The average Bonchev–Trinajstić information content (AvgIpc) is 2.80. The van der Waals surface area contributed by atoms with Crippen molar-refractivity contribution in [1.29, 1.82) is 0 Å². The molecule has 0 fully saturated rings. The average molecular weight is 472 g/mol. The first-order valence-electron chi connectivity index (χ1n) is 11.1. The van der Waals surface area contributed by atoms with Gasteiger partial charge in [-0.25, -0.2) is 0 Å². The van der Waals surface area contributed by atoms with Gasteiger partial charge in [-0.15, -0.1) is 0 Å².